The van der Waals surface area contributed by atoms with E-state index in [0.717, 1.165) is 11.1 Å². The normalized spacial score (nSPS) is 16.1. The first-order valence-corrected chi connectivity index (χ1v) is 12.1. The number of halogens is 3. The van der Waals surface area contributed by atoms with Crippen molar-refractivity contribution in [3.63, 3.8) is 0 Å². The molecule has 0 aliphatic carbocycles. The maximum Gasteiger partial charge on any atom is 0.296 e. The van der Waals surface area contributed by atoms with E-state index in [-0.39, 0.29) is 27.9 Å². The standard InChI is InChI=1S/C19H13Cl3N8O4S/c1-9-15(16(31)30(29-9)13-5-3-2-4-11(13)20)28-27-12-8-10(6-7-14(12)35(32,33)34)23-19-25-17(21)24-18(22)26-19/h2-8,15H,1H3,(H,32,33,34)(H,23,24,25,26). The van der Waals surface area contributed by atoms with Gasteiger partial charge < -0.3 is 5.32 Å². The van der Waals surface area contributed by atoms with Gasteiger partial charge in [-0.05, 0) is 60.5 Å². The number of amides is 1. The molecule has 0 fully saturated rings. The molecule has 0 spiro atoms. The molecule has 1 atom stereocenters. The Balaban J connectivity index is 1.66. The molecule has 1 aromatic heterocycles. The van der Waals surface area contributed by atoms with Crippen LogP contribution in [0.25, 0.3) is 0 Å². The number of aromatic nitrogens is 3. The van der Waals surface area contributed by atoms with Crippen LogP contribution in [0, 0.1) is 0 Å². The smallest absolute Gasteiger partial charge is 0.296 e. The Morgan fingerprint density at radius 1 is 1.06 bits per heavy atom. The molecule has 4 rings (SSSR count). The molecule has 16 heteroatoms. The summed E-state index contributed by atoms with van der Waals surface area (Å²) >= 11 is 17.7. The van der Waals surface area contributed by atoms with Crippen molar-refractivity contribution in [3.8, 4) is 0 Å². The van der Waals surface area contributed by atoms with E-state index in [9.17, 15) is 17.8 Å². The van der Waals surface area contributed by atoms with Gasteiger partial charge in [0.05, 0.1) is 16.4 Å². The van der Waals surface area contributed by atoms with Gasteiger partial charge in [0.2, 0.25) is 16.5 Å². The minimum absolute atomic E-state index is 0.0261. The SMILES string of the molecule is CC1=NN(c2ccccc2Cl)C(=O)C1N=Nc1cc(Nc2nc(Cl)nc(Cl)n2)ccc1S(=O)(=O)O. The topological polar surface area (TPSA) is 162 Å². The highest BCUT2D eigenvalue weighted by Crippen LogP contribution is 2.32. The molecular formula is C19H13Cl3N8O4S. The third kappa shape index (κ3) is 5.55. The maximum atomic E-state index is 12.9. The lowest BCUT2D eigenvalue weighted by Crippen LogP contribution is -2.29. The van der Waals surface area contributed by atoms with Crippen LogP contribution in [0.4, 0.5) is 23.0 Å². The summed E-state index contributed by atoms with van der Waals surface area (Å²) in [7, 11) is -4.68. The van der Waals surface area contributed by atoms with Crippen LogP contribution < -0.4 is 10.3 Å². The molecule has 2 N–H and O–H groups in total. The van der Waals surface area contributed by atoms with Gasteiger partial charge in [0.1, 0.15) is 10.6 Å². The van der Waals surface area contributed by atoms with Gasteiger partial charge >= 0.3 is 0 Å². The van der Waals surface area contributed by atoms with Crippen LogP contribution in [0.2, 0.25) is 15.6 Å². The number of rotatable bonds is 6. The van der Waals surface area contributed by atoms with Gasteiger partial charge in [0, 0.05) is 5.69 Å². The number of azo groups is 1. The fourth-order valence-electron chi connectivity index (χ4n) is 3.01. The second-order valence-electron chi connectivity index (χ2n) is 6.94. The average molecular weight is 556 g/mol. The zero-order valence-electron chi connectivity index (χ0n) is 17.5. The number of carbonyl (C=O) groups excluding carboxylic acids is 1. The number of hydrazone groups is 1. The van der Waals surface area contributed by atoms with E-state index in [0.29, 0.717) is 16.4 Å². The zero-order valence-corrected chi connectivity index (χ0v) is 20.5. The van der Waals surface area contributed by atoms with E-state index >= 15 is 0 Å². The van der Waals surface area contributed by atoms with Crippen LogP contribution in [0.15, 0.2) is 62.7 Å². The summed E-state index contributed by atoms with van der Waals surface area (Å²) in [6.07, 6.45) is 0. The van der Waals surface area contributed by atoms with Crippen LogP contribution in [0.5, 0.6) is 0 Å². The number of nitrogens with one attached hydrogen (secondary N) is 1. The van der Waals surface area contributed by atoms with E-state index < -0.39 is 27.0 Å². The number of hydrogen-bond acceptors (Lipinski definition) is 10. The van der Waals surface area contributed by atoms with Crippen molar-refractivity contribution in [2.45, 2.75) is 17.9 Å². The van der Waals surface area contributed by atoms with Gasteiger partial charge in [0.25, 0.3) is 16.0 Å². The summed E-state index contributed by atoms with van der Waals surface area (Å²) in [5, 5.41) is 15.9. The summed E-state index contributed by atoms with van der Waals surface area (Å²) in [6.45, 7) is 1.56. The highest BCUT2D eigenvalue weighted by atomic mass is 35.5. The first kappa shape index (κ1) is 24.9. The number of anilines is 3. The highest BCUT2D eigenvalue weighted by molar-refractivity contribution is 7.86. The van der Waals surface area contributed by atoms with E-state index in [1.807, 2.05) is 0 Å². The number of para-hydroxylation sites is 1. The molecule has 180 valence electrons. The quantitative estimate of drug-likeness (QED) is 0.327. The minimum atomic E-state index is -4.68. The fraction of sp³-hybridized carbons (Fsp3) is 0.105. The van der Waals surface area contributed by atoms with Crippen molar-refractivity contribution >= 4 is 79.6 Å². The van der Waals surface area contributed by atoms with Crippen LogP contribution >= 0.6 is 34.8 Å². The molecule has 0 saturated carbocycles. The largest absolute Gasteiger partial charge is 0.324 e. The van der Waals surface area contributed by atoms with Crippen molar-refractivity contribution in [3.05, 3.63) is 58.1 Å². The predicted octanol–water partition coefficient (Wildman–Crippen LogP) is 4.70. The second-order valence-corrected chi connectivity index (χ2v) is 9.41. The summed E-state index contributed by atoms with van der Waals surface area (Å²) in [5.74, 6) is -0.571. The first-order chi connectivity index (χ1) is 16.5. The Hall–Kier alpha value is -3.23. The molecular weight excluding hydrogens is 543 g/mol. The van der Waals surface area contributed by atoms with Gasteiger partial charge in [-0.2, -0.15) is 43.7 Å². The van der Waals surface area contributed by atoms with Gasteiger partial charge in [0.15, 0.2) is 6.04 Å². The minimum Gasteiger partial charge on any atom is -0.324 e. The molecule has 1 aliphatic heterocycles. The van der Waals surface area contributed by atoms with Gasteiger partial charge in [-0.15, -0.1) is 0 Å². The van der Waals surface area contributed by atoms with Gasteiger partial charge in [-0.3, -0.25) is 9.35 Å². The molecule has 1 unspecified atom stereocenters. The molecule has 1 amide bonds. The van der Waals surface area contributed by atoms with Crippen LogP contribution in [0.3, 0.4) is 0 Å². The summed E-state index contributed by atoms with van der Waals surface area (Å²) in [6, 6.07) is 9.13. The van der Waals surface area contributed by atoms with Crippen LogP contribution in [-0.4, -0.2) is 45.6 Å². The van der Waals surface area contributed by atoms with Crippen molar-refractivity contribution in [2.24, 2.45) is 15.3 Å². The fourth-order valence-corrected chi connectivity index (χ4v) is 4.19. The lowest BCUT2D eigenvalue weighted by atomic mass is 10.2. The lowest BCUT2D eigenvalue weighted by Gasteiger charge is -2.13. The highest BCUT2D eigenvalue weighted by Gasteiger charge is 2.35. The Kier molecular flexibility index (Phi) is 6.96. The number of hydrogen-bond donors (Lipinski definition) is 2. The van der Waals surface area contributed by atoms with Gasteiger partial charge in [-0.1, -0.05) is 23.7 Å². The molecule has 0 bridgehead atoms. The Morgan fingerprint density at radius 3 is 2.40 bits per heavy atom. The average Bonchev–Trinajstić information content (AvgIpc) is 3.04. The van der Waals surface area contributed by atoms with E-state index in [1.54, 1.807) is 31.2 Å². The number of carbonyl (C=O) groups is 1. The monoisotopic (exact) mass is 554 g/mol. The molecule has 2 heterocycles. The summed E-state index contributed by atoms with van der Waals surface area (Å²) < 4.78 is 33.3. The molecule has 2 aromatic carbocycles. The molecule has 0 radical (unpaired) electrons. The zero-order chi connectivity index (χ0) is 25.3. The Morgan fingerprint density at radius 2 is 1.74 bits per heavy atom. The van der Waals surface area contributed by atoms with E-state index in [1.165, 1.54) is 12.1 Å². The predicted molar refractivity (Wildman–Crippen MR) is 130 cm³/mol. The van der Waals surface area contributed by atoms with Crippen molar-refractivity contribution in [2.75, 3.05) is 10.3 Å². The Labute approximate surface area is 213 Å². The van der Waals surface area contributed by atoms with Gasteiger partial charge in [-0.25, -0.2) is 0 Å². The molecule has 0 saturated heterocycles. The summed E-state index contributed by atoms with van der Waals surface area (Å²) in [4.78, 5) is 23.7. The molecule has 3 aromatic rings. The number of nitrogens with zero attached hydrogens (tertiary/aromatic N) is 7. The lowest BCUT2D eigenvalue weighted by molar-refractivity contribution is -0.117. The third-order valence-electron chi connectivity index (χ3n) is 4.53. The van der Waals surface area contributed by atoms with Crippen LogP contribution in [0.1, 0.15) is 6.92 Å². The molecule has 12 nitrogen and oxygen atoms in total. The number of benzene rings is 2. The van der Waals surface area contributed by atoms with E-state index in [4.69, 9.17) is 34.8 Å². The second kappa shape index (κ2) is 9.79. The first-order valence-electron chi connectivity index (χ1n) is 9.53. The third-order valence-corrected chi connectivity index (χ3v) is 6.09. The summed E-state index contributed by atoms with van der Waals surface area (Å²) in [5.41, 5.74) is 0.651. The van der Waals surface area contributed by atoms with Crippen molar-refractivity contribution < 1.29 is 17.8 Å². The van der Waals surface area contributed by atoms with Crippen molar-refractivity contribution in [1.29, 1.82) is 0 Å². The van der Waals surface area contributed by atoms with E-state index in [2.05, 4.69) is 35.6 Å². The maximum absolute atomic E-state index is 12.9. The Bertz CT molecular complexity index is 1480. The molecule has 1 aliphatic rings. The van der Waals surface area contributed by atoms with Crippen LogP contribution in [-0.2, 0) is 14.9 Å². The molecule has 35 heavy (non-hydrogen) atoms. The van der Waals surface area contributed by atoms with Crippen molar-refractivity contribution in [1.82, 2.24) is 15.0 Å².